The molecular weight excluding hydrogens is 779 g/mol. The van der Waals surface area contributed by atoms with Gasteiger partial charge in [0.1, 0.15) is 22.3 Å². The quantitative estimate of drug-likeness (QED) is 0.167. The molecule has 0 N–H and O–H groups in total. The summed E-state index contributed by atoms with van der Waals surface area (Å²) >= 11 is 0. The number of rotatable bonds is 6. The molecule has 0 amide bonds. The molecule has 0 saturated heterocycles. The van der Waals surface area contributed by atoms with E-state index in [1.807, 2.05) is 12.1 Å². The number of anilines is 3. The zero-order valence-corrected chi connectivity index (χ0v) is 35.5. The Labute approximate surface area is 371 Å². The molecule has 1 aliphatic carbocycles. The van der Waals surface area contributed by atoms with E-state index in [0.29, 0.717) is 0 Å². The molecule has 2 aromatic heterocycles. The average molecular weight is 820 g/mol. The van der Waals surface area contributed by atoms with Crippen LogP contribution in [0.25, 0.3) is 99.2 Å². The first-order valence-corrected chi connectivity index (χ1v) is 22.1. The van der Waals surface area contributed by atoms with Crippen LogP contribution in [0.2, 0.25) is 0 Å². The molecule has 1 aliphatic rings. The normalized spacial score (nSPS) is 13.0. The van der Waals surface area contributed by atoms with Gasteiger partial charge in [-0.25, -0.2) is 0 Å². The lowest BCUT2D eigenvalue weighted by Gasteiger charge is -2.29. The molecule has 0 fully saturated rings. The molecule has 0 atom stereocenters. The van der Waals surface area contributed by atoms with Gasteiger partial charge in [0.05, 0.1) is 5.69 Å². The van der Waals surface area contributed by atoms with Crippen LogP contribution in [0.15, 0.2) is 221 Å². The predicted octanol–water partition coefficient (Wildman–Crippen LogP) is 17.4. The van der Waals surface area contributed by atoms with E-state index in [9.17, 15) is 0 Å². The third-order valence-corrected chi connectivity index (χ3v) is 13.7. The molecule has 0 unspecified atom stereocenters. The number of furan rings is 2. The fourth-order valence-corrected chi connectivity index (χ4v) is 10.7. The molecule has 2 heterocycles. The highest BCUT2D eigenvalue weighted by atomic mass is 16.3. The van der Waals surface area contributed by atoms with Gasteiger partial charge in [-0.05, 0) is 116 Å². The van der Waals surface area contributed by atoms with E-state index in [4.69, 9.17) is 8.83 Å². The van der Waals surface area contributed by atoms with Gasteiger partial charge >= 0.3 is 0 Å². The Morgan fingerprint density at radius 3 is 1.81 bits per heavy atom. The van der Waals surface area contributed by atoms with Gasteiger partial charge in [-0.1, -0.05) is 166 Å². The first-order chi connectivity index (χ1) is 31.5. The highest BCUT2D eigenvalue weighted by molar-refractivity contribution is 6.20. The Kier molecular flexibility index (Phi) is 7.95. The Morgan fingerprint density at radius 1 is 0.375 bits per heavy atom. The van der Waals surface area contributed by atoms with Crippen LogP contribution in [-0.2, 0) is 5.41 Å². The van der Waals surface area contributed by atoms with Crippen molar-refractivity contribution in [2.75, 3.05) is 4.90 Å². The second kappa shape index (κ2) is 13.9. The van der Waals surface area contributed by atoms with Crippen molar-refractivity contribution >= 4 is 71.7 Å². The number of para-hydroxylation sites is 2. The molecule has 302 valence electrons. The van der Waals surface area contributed by atoms with E-state index in [1.165, 1.54) is 38.8 Å². The topological polar surface area (TPSA) is 29.5 Å². The molecule has 64 heavy (non-hydrogen) atoms. The van der Waals surface area contributed by atoms with Crippen molar-refractivity contribution in [2.24, 2.45) is 0 Å². The maximum atomic E-state index is 6.70. The summed E-state index contributed by atoms with van der Waals surface area (Å²) in [5, 5.41) is 6.78. The Bertz CT molecular complexity index is 3810. The lowest BCUT2D eigenvalue weighted by atomic mass is 9.79. The largest absolute Gasteiger partial charge is 0.456 e. The molecule has 3 heteroatoms. The van der Waals surface area contributed by atoms with Crippen molar-refractivity contribution in [3.05, 3.63) is 223 Å². The number of hydrogen-bond donors (Lipinski definition) is 0. The summed E-state index contributed by atoms with van der Waals surface area (Å²) in [6.45, 7) is 4.72. The van der Waals surface area contributed by atoms with Crippen molar-refractivity contribution in [3.63, 3.8) is 0 Å². The third-order valence-electron chi connectivity index (χ3n) is 13.7. The van der Waals surface area contributed by atoms with Crippen LogP contribution in [0.5, 0.6) is 0 Å². The molecule has 10 aromatic carbocycles. The molecule has 0 saturated carbocycles. The summed E-state index contributed by atoms with van der Waals surface area (Å²) in [5.41, 5.74) is 19.0. The standard InChI is InChI=1S/C61H41NO2/c1-61(2)53-21-8-5-15-46(53)51-20-11-18-44(59(51)61)40-27-33-43(34-28-40)62(42-31-25-38(26-32-42)41-30-35-49-48-17-7-10-23-55(48)63-57(49)37-41)54-22-9-6-16-47(54)50-19-12-24-56-58(50)52-36-29-39-13-3-4-14-45(39)60(52)64-56/h3-37H,1-2H3. The van der Waals surface area contributed by atoms with Gasteiger partial charge < -0.3 is 13.7 Å². The molecule has 13 rings (SSSR count). The minimum absolute atomic E-state index is 0.118. The summed E-state index contributed by atoms with van der Waals surface area (Å²) in [6, 6.07) is 76.6. The average Bonchev–Trinajstić information content (AvgIpc) is 4.00. The molecule has 0 radical (unpaired) electrons. The van der Waals surface area contributed by atoms with Crippen LogP contribution >= 0.6 is 0 Å². The zero-order valence-electron chi connectivity index (χ0n) is 35.5. The summed E-state index contributed by atoms with van der Waals surface area (Å²) in [4.78, 5) is 2.40. The van der Waals surface area contributed by atoms with E-state index >= 15 is 0 Å². The molecule has 3 nitrogen and oxygen atoms in total. The van der Waals surface area contributed by atoms with Crippen LogP contribution in [0.4, 0.5) is 17.1 Å². The Morgan fingerprint density at radius 2 is 0.969 bits per heavy atom. The number of hydrogen-bond acceptors (Lipinski definition) is 3. The van der Waals surface area contributed by atoms with Crippen molar-refractivity contribution in [1.82, 2.24) is 0 Å². The number of benzene rings is 10. The Hall–Kier alpha value is -8.14. The van der Waals surface area contributed by atoms with Gasteiger partial charge in [0.2, 0.25) is 0 Å². The predicted molar refractivity (Wildman–Crippen MR) is 267 cm³/mol. The Balaban J connectivity index is 0.965. The van der Waals surface area contributed by atoms with Crippen LogP contribution in [-0.4, -0.2) is 0 Å². The summed E-state index contributed by atoms with van der Waals surface area (Å²) in [7, 11) is 0. The van der Waals surface area contributed by atoms with Crippen LogP contribution in [0.3, 0.4) is 0 Å². The van der Waals surface area contributed by atoms with Crippen molar-refractivity contribution in [1.29, 1.82) is 0 Å². The third kappa shape index (κ3) is 5.47. The second-order valence-electron chi connectivity index (χ2n) is 17.6. The second-order valence-corrected chi connectivity index (χ2v) is 17.6. The lowest BCUT2D eigenvalue weighted by molar-refractivity contribution is 0.662. The maximum Gasteiger partial charge on any atom is 0.143 e. The number of fused-ring (bicyclic) bond motifs is 11. The van der Waals surface area contributed by atoms with Gasteiger partial charge in [-0.2, -0.15) is 0 Å². The van der Waals surface area contributed by atoms with Crippen molar-refractivity contribution in [3.8, 4) is 44.5 Å². The van der Waals surface area contributed by atoms with E-state index < -0.39 is 0 Å². The van der Waals surface area contributed by atoms with Gasteiger partial charge in [-0.3, -0.25) is 0 Å². The first kappa shape index (κ1) is 36.5. The molecule has 0 spiro atoms. The van der Waals surface area contributed by atoms with Crippen LogP contribution < -0.4 is 4.90 Å². The fourth-order valence-electron chi connectivity index (χ4n) is 10.7. The molecular formula is C61H41NO2. The van der Waals surface area contributed by atoms with E-state index in [-0.39, 0.29) is 5.41 Å². The maximum absolute atomic E-state index is 6.70. The smallest absolute Gasteiger partial charge is 0.143 e. The van der Waals surface area contributed by atoms with Crippen LogP contribution in [0.1, 0.15) is 25.0 Å². The number of nitrogens with zero attached hydrogens (tertiary/aromatic N) is 1. The summed E-state index contributed by atoms with van der Waals surface area (Å²) < 4.78 is 13.0. The van der Waals surface area contributed by atoms with Gasteiger partial charge in [0, 0.05) is 49.3 Å². The minimum atomic E-state index is -0.118. The van der Waals surface area contributed by atoms with Gasteiger partial charge in [-0.15, -0.1) is 0 Å². The van der Waals surface area contributed by atoms with Crippen LogP contribution in [0, 0.1) is 0 Å². The highest BCUT2D eigenvalue weighted by Gasteiger charge is 2.37. The lowest BCUT2D eigenvalue weighted by Crippen LogP contribution is -2.16. The van der Waals surface area contributed by atoms with E-state index in [2.05, 4.69) is 219 Å². The highest BCUT2D eigenvalue weighted by Crippen LogP contribution is 2.53. The van der Waals surface area contributed by atoms with Crippen molar-refractivity contribution < 1.29 is 8.83 Å². The summed E-state index contributed by atoms with van der Waals surface area (Å²) in [6.07, 6.45) is 0. The summed E-state index contributed by atoms with van der Waals surface area (Å²) in [5.74, 6) is 0. The SMILES string of the molecule is CC1(C)c2ccccc2-c2cccc(-c3ccc(N(c4ccc(-c5ccc6c(c5)oc5ccccc56)cc4)c4ccccc4-c4cccc5oc6c7ccccc7ccc6c45)cc3)c21. The molecule has 0 bridgehead atoms. The molecule has 0 aliphatic heterocycles. The van der Waals surface area contributed by atoms with E-state index in [1.54, 1.807) is 0 Å². The minimum Gasteiger partial charge on any atom is -0.456 e. The van der Waals surface area contributed by atoms with Crippen molar-refractivity contribution in [2.45, 2.75) is 19.3 Å². The first-order valence-electron chi connectivity index (χ1n) is 22.1. The molecule has 12 aromatic rings. The van der Waals surface area contributed by atoms with Gasteiger partial charge in [0.25, 0.3) is 0 Å². The monoisotopic (exact) mass is 819 g/mol. The fraction of sp³-hybridized carbons (Fsp3) is 0.0492. The zero-order chi connectivity index (χ0) is 42.5. The van der Waals surface area contributed by atoms with Gasteiger partial charge in [0.15, 0.2) is 0 Å². The van der Waals surface area contributed by atoms with E-state index in [0.717, 1.165) is 88.6 Å².